The average Bonchev–Trinajstić information content (AvgIpc) is 3.23. The molecule has 9 nitrogen and oxygen atoms in total. The third-order valence-electron chi connectivity index (χ3n) is 5.81. The van der Waals surface area contributed by atoms with Crippen molar-refractivity contribution in [1.29, 1.82) is 0 Å². The summed E-state index contributed by atoms with van der Waals surface area (Å²) >= 11 is 0. The fraction of sp³-hybridized carbons (Fsp3) is 0.545. The van der Waals surface area contributed by atoms with Crippen molar-refractivity contribution >= 4 is 23.7 Å². The maximum Gasteiger partial charge on any atom is 0.326 e. The lowest BCUT2D eigenvalue weighted by molar-refractivity contribution is -0.141. The van der Waals surface area contributed by atoms with Crippen LogP contribution in [0.15, 0.2) is 24.3 Å². The Bertz CT molecular complexity index is 855. The van der Waals surface area contributed by atoms with Crippen LogP contribution in [0.1, 0.15) is 49.9 Å². The van der Waals surface area contributed by atoms with Crippen molar-refractivity contribution < 1.29 is 29.0 Å². The second-order valence-electron chi connectivity index (χ2n) is 8.31. The molecule has 0 saturated carbocycles. The summed E-state index contributed by atoms with van der Waals surface area (Å²) < 4.78 is 5.88. The van der Waals surface area contributed by atoms with Crippen molar-refractivity contribution in [3.63, 3.8) is 0 Å². The van der Waals surface area contributed by atoms with Crippen LogP contribution >= 0.6 is 0 Å². The molecule has 1 aromatic rings. The fourth-order valence-electron chi connectivity index (χ4n) is 3.88. The minimum atomic E-state index is -1.23. The van der Waals surface area contributed by atoms with Gasteiger partial charge < -0.3 is 25.4 Å². The Morgan fingerprint density at radius 1 is 1.16 bits per heavy atom. The number of aliphatic carboxylic acids is 1. The van der Waals surface area contributed by atoms with Crippen molar-refractivity contribution in [3.05, 3.63) is 29.8 Å². The lowest BCUT2D eigenvalue weighted by Crippen LogP contribution is -2.51. The number of fused-ring (bicyclic) bond motifs is 2. The summed E-state index contributed by atoms with van der Waals surface area (Å²) in [5.41, 5.74) is 0.199. The quantitative estimate of drug-likeness (QED) is 0.646. The summed E-state index contributed by atoms with van der Waals surface area (Å²) in [6.07, 6.45) is 1.12. The van der Waals surface area contributed by atoms with Gasteiger partial charge >= 0.3 is 5.97 Å². The zero-order valence-corrected chi connectivity index (χ0v) is 17.8. The fourth-order valence-corrected chi connectivity index (χ4v) is 3.88. The van der Waals surface area contributed by atoms with Gasteiger partial charge in [-0.25, -0.2) is 4.79 Å². The predicted molar refractivity (Wildman–Crippen MR) is 112 cm³/mol. The number of nitrogens with one attached hydrogen (secondary N) is 2. The van der Waals surface area contributed by atoms with Gasteiger partial charge in [0.1, 0.15) is 24.4 Å². The van der Waals surface area contributed by atoms with E-state index in [1.165, 1.54) is 4.90 Å². The number of nitrogens with zero attached hydrogens (tertiary/aromatic N) is 1. The Hall–Kier alpha value is -3.10. The highest BCUT2D eigenvalue weighted by Crippen LogP contribution is 2.22. The van der Waals surface area contributed by atoms with Gasteiger partial charge in [-0.05, 0) is 37.3 Å². The van der Waals surface area contributed by atoms with Gasteiger partial charge in [0.25, 0.3) is 5.91 Å². The molecule has 0 unspecified atom stereocenters. The van der Waals surface area contributed by atoms with Crippen LogP contribution in [-0.2, 0) is 14.4 Å². The van der Waals surface area contributed by atoms with Crippen molar-refractivity contribution in [2.24, 2.45) is 5.92 Å². The van der Waals surface area contributed by atoms with Gasteiger partial charge in [0.05, 0.1) is 11.6 Å². The third-order valence-corrected chi connectivity index (χ3v) is 5.81. The molecule has 3 amide bonds. The summed E-state index contributed by atoms with van der Waals surface area (Å²) in [5.74, 6) is -1.97. The van der Waals surface area contributed by atoms with Gasteiger partial charge in [-0.15, -0.1) is 0 Å². The number of para-hydroxylation sites is 1. The van der Waals surface area contributed by atoms with E-state index < -0.39 is 24.0 Å². The van der Waals surface area contributed by atoms with E-state index in [-0.39, 0.29) is 48.8 Å². The lowest BCUT2D eigenvalue weighted by atomic mass is 10.0. The Kier molecular flexibility index (Phi) is 7.14. The molecular formula is C22H29N3O6. The van der Waals surface area contributed by atoms with Gasteiger partial charge in [-0.2, -0.15) is 0 Å². The zero-order chi connectivity index (χ0) is 22.5. The van der Waals surface area contributed by atoms with E-state index in [1.54, 1.807) is 24.3 Å². The van der Waals surface area contributed by atoms with E-state index in [9.17, 15) is 24.3 Å². The summed E-state index contributed by atoms with van der Waals surface area (Å²) in [4.78, 5) is 51.7. The van der Waals surface area contributed by atoms with Crippen molar-refractivity contribution in [2.75, 3.05) is 13.2 Å². The smallest absolute Gasteiger partial charge is 0.326 e. The minimum Gasteiger partial charge on any atom is -0.491 e. The molecule has 0 spiro atoms. The molecule has 0 bridgehead atoms. The van der Waals surface area contributed by atoms with Crippen LogP contribution in [0.2, 0.25) is 0 Å². The van der Waals surface area contributed by atoms with Crippen LogP contribution in [0.4, 0.5) is 0 Å². The van der Waals surface area contributed by atoms with E-state index >= 15 is 0 Å². The normalized spacial score (nSPS) is 25.5. The molecule has 0 aromatic heterocycles. The molecule has 2 aliphatic rings. The predicted octanol–water partition coefficient (Wildman–Crippen LogP) is 1.17. The maximum atomic E-state index is 12.9. The van der Waals surface area contributed by atoms with Crippen LogP contribution in [-0.4, -0.2) is 65.0 Å². The molecule has 3 rings (SSSR count). The number of hydrogen-bond acceptors (Lipinski definition) is 5. The summed E-state index contributed by atoms with van der Waals surface area (Å²) in [5, 5.41) is 15.0. The molecule has 3 atom stereocenters. The first-order valence-corrected chi connectivity index (χ1v) is 10.6. The largest absolute Gasteiger partial charge is 0.491 e. The summed E-state index contributed by atoms with van der Waals surface area (Å²) in [7, 11) is 0. The molecule has 2 aliphatic heterocycles. The molecule has 2 heterocycles. The number of rotatable bonds is 2. The maximum absolute atomic E-state index is 12.9. The number of carboxylic acid groups (broad SMARTS) is 1. The van der Waals surface area contributed by atoms with E-state index in [2.05, 4.69) is 10.6 Å². The number of ether oxygens (including phenoxy) is 1. The highest BCUT2D eigenvalue weighted by atomic mass is 16.5. The van der Waals surface area contributed by atoms with Crippen molar-refractivity contribution in [2.45, 2.75) is 57.7 Å². The SMILES string of the molecule is CC(C)[C@H]1COc2ccccc2C(=O)N[C@H](C(=O)O)CCC(=O)N2CCC[C@@H]2C(=O)N1. The van der Waals surface area contributed by atoms with Gasteiger partial charge in [0.2, 0.25) is 11.8 Å². The van der Waals surface area contributed by atoms with Crippen LogP contribution in [0.5, 0.6) is 5.75 Å². The molecule has 31 heavy (non-hydrogen) atoms. The van der Waals surface area contributed by atoms with E-state index in [0.29, 0.717) is 25.1 Å². The van der Waals surface area contributed by atoms with E-state index in [1.807, 2.05) is 13.8 Å². The third kappa shape index (κ3) is 5.34. The molecule has 0 aliphatic carbocycles. The number of carbonyl (C=O) groups excluding carboxylic acids is 3. The molecule has 9 heteroatoms. The number of benzene rings is 1. The monoisotopic (exact) mass is 431 g/mol. The topological polar surface area (TPSA) is 125 Å². The highest BCUT2D eigenvalue weighted by molar-refractivity contribution is 5.99. The standard InChI is InChI=1S/C22H29N3O6/c1-13(2)16-12-31-18-8-4-3-6-14(18)20(27)23-15(22(29)30)9-10-19(26)25-11-5-7-17(25)21(28)24-16/h3-4,6,8,13,15-17H,5,7,9-12H2,1-2H3,(H,23,27)(H,24,28)(H,29,30)/t15-,16+,17+/m0/s1. The Morgan fingerprint density at radius 3 is 2.61 bits per heavy atom. The molecule has 1 aromatic carbocycles. The van der Waals surface area contributed by atoms with Crippen LogP contribution in [0, 0.1) is 5.92 Å². The number of carboxylic acids is 1. The minimum absolute atomic E-state index is 0.0579. The summed E-state index contributed by atoms with van der Waals surface area (Å²) in [6, 6.07) is 4.42. The first-order valence-electron chi connectivity index (χ1n) is 10.6. The number of hydrogen-bond donors (Lipinski definition) is 3. The zero-order valence-electron chi connectivity index (χ0n) is 17.8. The first-order chi connectivity index (χ1) is 14.8. The molecule has 1 fully saturated rings. The van der Waals surface area contributed by atoms with Crippen LogP contribution < -0.4 is 15.4 Å². The van der Waals surface area contributed by atoms with E-state index in [0.717, 1.165) is 0 Å². The highest BCUT2D eigenvalue weighted by Gasteiger charge is 2.36. The average molecular weight is 431 g/mol. The van der Waals surface area contributed by atoms with Gasteiger partial charge in [0, 0.05) is 13.0 Å². The van der Waals surface area contributed by atoms with Gasteiger partial charge in [-0.1, -0.05) is 26.0 Å². The van der Waals surface area contributed by atoms with Crippen molar-refractivity contribution in [3.8, 4) is 5.75 Å². The second-order valence-corrected chi connectivity index (χ2v) is 8.31. The Labute approximate surface area is 181 Å². The first kappa shape index (κ1) is 22.6. The second kappa shape index (κ2) is 9.80. The molecular weight excluding hydrogens is 402 g/mol. The van der Waals surface area contributed by atoms with Crippen LogP contribution in [0.25, 0.3) is 0 Å². The van der Waals surface area contributed by atoms with Gasteiger partial charge in [-0.3, -0.25) is 14.4 Å². The molecule has 0 radical (unpaired) electrons. The molecule has 168 valence electrons. The molecule has 1 saturated heterocycles. The Morgan fingerprint density at radius 2 is 1.90 bits per heavy atom. The van der Waals surface area contributed by atoms with Crippen LogP contribution in [0.3, 0.4) is 0 Å². The lowest BCUT2D eigenvalue weighted by Gasteiger charge is -2.28. The number of amides is 3. The van der Waals surface area contributed by atoms with E-state index in [4.69, 9.17) is 4.74 Å². The summed E-state index contributed by atoms with van der Waals surface area (Å²) in [6.45, 7) is 4.50. The van der Waals surface area contributed by atoms with Gasteiger partial charge in [0.15, 0.2) is 0 Å². The Balaban J connectivity index is 1.92. The van der Waals surface area contributed by atoms with Crippen molar-refractivity contribution in [1.82, 2.24) is 15.5 Å². The number of carbonyl (C=O) groups is 4. The molecule has 3 N–H and O–H groups in total.